The Hall–Kier alpha value is -1.24. The van der Waals surface area contributed by atoms with E-state index in [-0.39, 0.29) is 25.1 Å². The molecule has 0 radical (unpaired) electrons. The summed E-state index contributed by atoms with van der Waals surface area (Å²) in [5.74, 6) is -1.78. The SMILES string of the molecule is O=C(O)c1[nH]c(=S)sc1-c1c(F)cccc1Cl. The molecule has 0 bridgehead atoms. The Morgan fingerprint density at radius 3 is 2.82 bits per heavy atom. The molecule has 0 aliphatic heterocycles. The van der Waals surface area contributed by atoms with E-state index in [1.165, 1.54) is 18.2 Å². The van der Waals surface area contributed by atoms with E-state index in [1.807, 2.05) is 0 Å². The average molecular weight is 290 g/mol. The number of carboxylic acid groups (broad SMARTS) is 1. The first kappa shape index (κ1) is 12.2. The molecule has 2 aromatic rings. The first-order valence-electron chi connectivity index (χ1n) is 4.41. The summed E-state index contributed by atoms with van der Waals surface area (Å²) in [6, 6.07) is 4.16. The highest BCUT2D eigenvalue weighted by atomic mass is 35.5. The lowest BCUT2D eigenvalue weighted by atomic mass is 10.1. The lowest BCUT2D eigenvalue weighted by Gasteiger charge is -2.03. The van der Waals surface area contributed by atoms with Crippen LogP contribution in [0.25, 0.3) is 10.4 Å². The topological polar surface area (TPSA) is 53.1 Å². The van der Waals surface area contributed by atoms with Crippen LogP contribution in [0.4, 0.5) is 4.39 Å². The molecule has 1 aromatic carbocycles. The van der Waals surface area contributed by atoms with Gasteiger partial charge in [-0.15, -0.1) is 11.3 Å². The highest BCUT2D eigenvalue weighted by molar-refractivity contribution is 7.73. The number of carboxylic acids is 1. The van der Waals surface area contributed by atoms with Gasteiger partial charge < -0.3 is 10.1 Å². The van der Waals surface area contributed by atoms with Crippen LogP contribution in [0.2, 0.25) is 5.02 Å². The molecule has 0 fully saturated rings. The second-order valence-corrected chi connectivity index (χ2v) is 5.21. The van der Waals surface area contributed by atoms with Crippen molar-refractivity contribution in [3.8, 4) is 10.4 Å². The lowest BCUT2D eigenvalue weighted by Crippen LogP contribution is -1.99. The maximum absolute atomic E-state index is 13.7. The minimum absolute atomic E-state index is 0.0592. The van der Waals surface area contributed by atoms with Gasteiger partial charge in [-0.25, -0.2) is 9.18 Å². The molecule has 3 nitrogen and oxygen atoms in total. The van der Waals surface area contributed by atoms with Gasteiger partial charge in [-0.3, -0.25) is 0 Å². The van der Waals surface area contributed by atoms with Crippen LogP contribution in [0.5, 0.6) is 0 Å². The first-order valence-corrected chi connectivity index (χ1v) is 6.01. The minimum Gasteiger partial charge on any atom is -0.477 e. The summed E-state index contributed by atoms with van der Waals surface area (Å²) in [7, 11) is 0. The molecule has 0 spiro atoms. The zero-order valence-corrected chi connectivity index (χ0v) is 10.5. The van der Waals surface area contributed by atoms with Crippen molar-refractivity contribution in [3.05, 3.63) is 38.7 Å². The molecule has 0 saturated heterocycles. The minimum atomic E-state index is -1.20. The van der Waals surface area contributed by atoms with Crippen molar-refractivity contribution in [2.45, 2.75) is 0 Å². The molecule has 1 heterocycles. The molecule has 0 unspecified atom stereocenters. The Morgan fingerprint density at radius 2 is 2.24 bits per heavy atom. The normalized spacial score (nSPS) is 10.5. The number of H-pyrrole nitrogens is 1. The molecule has 0 atom stereocenters. The molecular formula is C10H5ClFNO2S2. The van der Waals surface area contributed by atoms with E-state index in [0.717, 1.165) is 11.3 Å². The number of hydrogen-bond donors (Lipinski definition) is 2. The molecule has 88 valence electrons. The fourth-order valence-corrected chi connectivity index (χ4v) is 2.92. The molecule has 0 saturated carbocycles. The smallest absolute Gasteiger partial charge is 0.353 e. The molecule has 2 N–H and O–H groups in total. The Balaban J connectivity index is 2.77. The van der Waals surface area contributed by atoms with Gasteiger partial charge in [0.1, 0.15) is 11.5 Å². The fraction of sp³-hybridized carbons (Fsp3) is 0. The number of nitrogens with one attached hydrogen (secondary N) is 1. The van der Waals surface area contributed by atoms with Gasteiger partial charge in [0, 0.05) is 5.56 Å². The fourth-order valence-electron chi connectivity index (χ4n) is 1.37. The van der Waals surface area contributed by atoms with Crippen molar-refractivity contribution < 1.29 is 14.3 Å². The summed E-state index contributed by atoms with van der Waals surface area (Å²) in [4.78, 5) is 13.7. The molecule has 0 aliphatic carbocycles. The third kappa shape index (κ3) is 2.24. The van der Waals surface area contributed by atoms with Crippen LogP contribution in [-0.2, 0) is 0 Å². The molecule has 0 amide bonds. The maximum atomic E-state index is 13.7. The lowest BCUT2D eigenvalue weighted by molar-refractivity contribution is 0.0692. The monoisotopic (exact) mass is 289 g/mol. The Morgan fingerprint density at radius 1 is 1.53 bits per heavy atom. The summed E-state index contributed by atoms with van der Waals surface area (Å²) < 4.78 is 13.9. The highest BCUT2D eigenvalue weighted by Gasteiger charge is 2.20. The first-order chi connectivity index (χ1) is 8.00. The van der Waals surface area contributed by atoms with Gasteiger partial charge >= 0.3 is 5.97 Å². The maximum Gasteiger partial charge on any atom is 0.353 e. The van der Waals surface area contributed by atoms with E-state index in [2.05, 4.69) is 4.98 Å². The van der Waals surface area contributed by atoms with E-state index in [0.29, 0.717) is 0 Å². The molecule has 2 rings (SSSR count). The van der Waals surface area contributed by atoms with Crippen LogP contribution in [0, 0.1) is 9.77 Å². The van der Waals surface area contributed by atoms with Gasteiger partial charge in [0.05, 0.1) is 9.90 Å². The zero-order chi connectivity index (χ0) is 12.6. The molecule has 7 heteroatoms. The third-order valence-corrected chi connectivity index (χ3v) is 3.62. The van der Waals surface area contributed by atoms with Crippen LogP contribution in [0.15, 0.2) is 18.2 Å². The second-order valence-electron chi connectivity index (χ2n) is 3.12. The third-order valence-electron chi connectivity index (χ3n) is 2.05. The van der Waals surface area contributed by atoms with Gasteiger partial charge in [0.15, 0.2) is 3.95 Å². The molecular weight excluding hydrogens is 285 g/mol. The number of hydrogen-bond acceptors (Lipinski definition) is 3. The molecule has 1 aromatic heterocycles. The van der Waals surface area contributed by atoms with E-state index in [9.17, 15) is 9.18 Å². The van der Waals surface area contributed by atoms with Gasteiger partial charge in [0.2, 0.25) is 0 Å². The van der Waals surface area contributed by atoms with Crippen molar-refractivity contribution in [1.29, 1.82) is 0 Å². The Kier molecular flexibility index (Phi) is 3.28. The summed E-state index contributed by atoms with van der Waals surface area (Å²) in [6.07, 6.45) is 0. The molecule has 17 heavy (non-hydrogen) atoms. The number of thiazole rings is 1. The van der Waals surface area contributed by atoms with Crippen LogP contribution in [0.1, 0.15) is 10.5 Å². The number of aromatic carboxylic acids is 1. The quantitative estimate of drug-likeness (QED) is 0.823. The zero-order valence-electron chi connectivity index (χ0n) is 8.16. The summed E-state index contributed by atoms with van der Waals surface area (Å²) in [6.45, 7) is 0. The van der Waals surface area contributed by atoms with Gasteiger partial charge in [-0.05, 0) is 24.4 Å². The van der Waals surface area contributed by atoms with Crippen molar-refractivity contribution in [3.63, 3.8) is 0 Å². The van der Waals surface area contributed by atoms with Crippen molar-refractivity contribution in [2.24, 2.45) is 0 Å². The molecule has 0 aliphatic rings. The summed E-state index contributed by atoms with van der Waals surface area (Å²) in [5.41, 5.74) is -0.0871. The van der Waals surface area contributed by atoms with Gasteiger partial charge in [-0.2, -0.15) is 0 Å². The van der Waals surface area contributed by atoms with E-state index in [4.69, 9.17) is 28.9 Å². The number of halogens is 2. The van der Waals surface area contributed by atoms with Crippen LogP contribution in [-0.4, -0.2) is 16.1 Å². The standard InChI is InChI=1S/C10H5ClFNO2S2/c11-4-2-1-3-5(12)6(4)8-7(9(14)15)13-10(16)17-8/h1-3H,(H,13,16)(H,14,15). The number of carbonyl (C=O) groups is 1. The number of aromatic amines is 1. The Bertz CT molecular complexity index is 630. The largest absolute Gasteiger partial charge is 0.477 e. The van der Waals surface area contributed by atoms with E-state index < -0.39 is 11.8 Å². The average Bonchev–Trinajstić information content (AvgIpc) is 2.60. The van der Waals surface area contributed by atoms with Crippen LogP contribution >= 0.6 is 35.2 Å². The van der Waals surface area contributed by atoms with Gasteiger partial charge in [-0.1, -0.05) is 17.7 Å². The number of aromatic nitrogens is 1. The van der Waals surface area contributed by atoms with Crippen LogP contribution in [0.3, 0.4) is 0 Å². The summed E-state index contributed by atoms with van der Waals surface area (Å²) in [5, 5.41) is 9.14. The predicted molar refractivity (Wildman–Crippen MR) is 66.9 cm³/mol. The van der Waals surface area contributed by atoms with Gasteiger partial charge in [0.25, 0.3) is 0 Å². The van der Waals surface area contributed by atoms with Crippen molar-refractivity contribution in [1.82, 2.24) is 4.98 Å². The second kappa shape index (κ2) is 4.56. The number of benzene rings is 1. The van der Waals surface area contributed by atoms with Crippen LogP contribution < -0.4 is 0 Å². The Labute approximate surface area is 109 Å². The highest BCUT2D eigenvalue weighted by Crippen LogP contribution is 2.36. The predicted octanol–water partition coefficient (Wildman–Crippen LogP) is 3.96. The van der Waals surface area contributed by atoms with Crippen molar-refractivity contribution in [2.75, 3.05) is 0 Å². The van der Waals surface area contributed by atoms with Crippen molar-refractivity contribution >= 4 is 41.1 Å². The number of rotatable bonds is 2. The summed E-state index contributed by atoms with van der Waals surface area (Å²) >= 11 is 11.7. The van der Waals surface area contributed by atoms with E-state index in [1.54, 1.807) is 0 Å². The van der Waals surface area contributed by atoms with E-state index >= 15 is 0 Å².